The molecule has 0 radical (unpaired) electrons. The number of thioether (sulfide) groups is 1. The van der Waals surface area contributed by atoms with Crippen LogP contribution in [0.1, 0.15) is 32.6 Å². The average molecular weight is 304 g/mol. The third-order valence-electron chi connectivity index (χ3n) is 3.20. The van der Waals surface area contributed by atoms with Crippen LogP contribution in [-0.4, -0.2) is 59.4 Å². The lowest BCUT2D eigenvalue weighted by Crippen LogP contribution is -2.50. The van der Waals surface area contributed by atoms with Crippen molar-refractivity contribution in [1.82, 2.24) is 10.2 Å². The minimum atomic E-state index is -0.925. The number of methoxy groups -OCH3 is 1. The summed E-state index contributed by atoms with van der Waals surface area (Å²) in [6.45, 7) is 3.26. The van der Waals surface area contributed by atoms with E-state index >= 15 is 0 Å². The maximum absolute atomic E-state index is 12.2. The number of urea groups is 1. The van der Waals surface area contributed by atoms with Gasteiger partial charge >= 0.3 is 12.0 Å². The van der Waals surface area contributed by atoms with Crippen molar-refractivity contribution in [1.29, 1.82) is 0 Å². The summed E-state index contributed by atoms with van der Waals surface area (Å²) in [6.07, 6.45) is 3.47. The summed E-state index contributed by atoms with van der Waals surface area (Å²) in [6, 6.07) is -0.978. The maximum Gasteiger partial charge on any atom is 0.327 e. The van der Waals surface area contributed by atoms with Gasteiger partial charge in [0.1, 0.15) is 6.04 Å². The van der Waals surface area contributed by atoms with Gasteiger partial charge in [0.2, 0.25) is 0 Å². The van der Waals surface area contributed by atoms with Crippen molar-refractivity contribution in [2.75, 3.05) is 26.0 Å². The number of aliphatic carboxylic acids is 1. The fourth-order valence-electron chi connectivity index (χ4n) is 2.15. The fourth-order valence-corrected chi connectivity index (χ4v) is 3.67. The van der Waals surface area contributed by atoms with Gasteiger partial charge in [0.15, 0.2) is 0 Å². The van der Waals surface area contributed by atoms with E-state index in [1.54, 1.807) is 18.9 Å². The number of carboxylic acid groups (broad SMARTS) is 1. The standard InChI is InChI=1S/C13H24N2O4S/c1-3-6-11-15(10(9-20-11)12(16)17)13(18)14-7-4-5-8-19-2/h10-11H,3-9H2,1-2H3,(H,14,18)(H,16,17). The number of nitrogens with one attached hydrogen (secondary N) is 1. The van der Waals surface area contributed by atoms with E-state index in [4.69, 9.17) is 4.74 Å². The van der Waals surface area contributed by atoms with Crippen molar-refractivity contribution in [3.63, 3.8) is 0 Å². The van der Waals surface area contributed by atoms with Crippen LogP contribution in [0.2, 0.25) is 0 Å². The molecule has 7 heteroatoms. The van der Waals surface area contributed by atoms with Gasteiger partial charge in [-0.1, -0.05) is 13.3 Å². The van der Waals surface area contributed by atoms with E-state index in [-0.39, 0.29) is 11.4 Å². The molecular weight excluding hydrogens is 280 g/mol. The molecule has 20 heavy (non-hydrogen) atoms. The van der Waals surface area contributed by atoms with Crippen LogP contribution < -0.4 is 5.32 Å². The summed E-state index contributed by atoms with van der Waals surface area (Å²) in [7, 11) is 1.65. The third kappa shape index (κ3) is 4.86. The molecule has 6 nitrogen and oxygen atoms in total. The molecule has 1 fully saturated rings. The Morgan fingerprint density at radius 2 is 2.20 bits per heavy atom. The highest BCUT2D eigenvalue weighted by Gasteiger charge is 2.40. The quantitative estimate of drug-likeness (QED) is 0.668. The summed E-state index contributed by atoms with van der Waals surface area (Å²) in [5, 5.41) is 12.0. The fraction of sp³-hybridized carbons (Fsp3) is 0.846. The Hall–Kier alpha value is -0.950. The molecule has 0 spiro atoms. The predicted octanol–water partition coefficient (Wildman–Crippen LogP) is 1.75. The number of ether oxygens (including phenoxy) is 1. The van der Waals surface area contributed by atoms with Crippen LogP contribution in [0.15, 0.2) is 0 Å². The maximum atomic E-state index is 12.2. The van der Waals surface area contributed by atoms with E-state index in [2.05, 4.69) is 5.32 Å². The molecule has 0 aromatic rings. The predicted molar refractivity (Wildman–Crippen MR) is 78.9 cm³/mol. The van der Waals surface area contributed by atoms with Crippen LogP contribution in [0.3, 0.4) is 0 Å². The van der Waals surface area contributed by atoms with Gasteiger partial charge in [0.05, 0.1) is 5.37 Å². The first-order valence-electron chi connectivity index (χ1n) is 7.01. The van der Waals surface area contributed by atoms with Gasteiger partial charge in [-0.2, -0.15) is 0 Å². The SMILES string of the molecule is CCCC1SCC(C(=O)O)N1C(=O)NCCCCOC. The Morgan fingerprint density at radius 1 is 1.45 bits per heavy atom. The zero-order valence-electron chi connectivity index (χ0n) is 12.1. The van der Waals surface area contributed by atoms with E-state index in [0.717, 1.165) is 25.7 Å². The van der Waals surface area contributed by atoms with Gasteiger partial charge in [-0.05, 0) is 19.3 Å². The number of hydrogen-bond donors (Lipinski definition) is 2. The minimum Gasteiger partial charge on any atom is -0.480 e. The van der Waals surface area contributed by atoms with E-state index < -0.39 is 12.0 Å². The molecule has 1 saturated heterocycles. The molecule has 0 aromatic carbocycles. The Bertz CT molecular complexity index is 327. The Morgan fingerprint density at radius 3 is 2.80 bits per heavy atom. The average Bonchev–Trinajstić information content (AvgIpc) is 2.83. The normalized spacial score (nSPS) is 22.0. The molecule has 0 aromatic heterocycles. The molecule has 116 valence electrons. The van der Waals surface area contributed by atoms with Crippen molar-refractivity contribution < 1.29 is 19.4 Å². The number of carboxylic acids is 1. The van der Waals surface area contributed by atoms with Gasteiger partial charge in [0.25, 0.3) is 0 Å². The van der Waals surface area contributed by atoms with Crippen LogP contribution in [0.4, 0.5) is 4.79 Å². The molecule has 2 unspecified atom stereocenters. The first kappa shape index (κ1) is 17.1. The summed E-state index contributed by atoms with van der Waals surface area (Å²) in [5.41, 5.74) is 0. The van der Waals surface area contributed by atoms with Crippen LogP contribution in [-0.2, 0) is 9.53 Å². The summed E-state index contributed by atoms with van der Waals surface area (Å²) < 4.78 is 4.94. The summed E-state index contributed by atoms with van der Waals surface area (Å²) in [4.78, 5) is 24.9. The van der Waals surface area contributed by atoms with Crippen molar-refractivity contribution >= 4 is 23.8 Å². The van der Waals surface area contributed by atoms with Crippen molar-refractivity contribution in [3.8, 4) is 0 Å². The first-order chi connectivity index (χ1) is 9.61. The molecule has 2 amide bonds. The van der Waals surface area contributed by atoms with Crippen molar-refractivity contribution in [2.45, 2.75) is 44.0 Å². The highest BCUT2D eigenvalue weighted by molar-refractivity contribution is 8.00. The zero-order valence-corrected chi connectivity index (χ0v) is 12.9. The molecule has 2 atom stereocenters. The number of nitrogens with zero attached hydrogens (tertiary/aromatic N) is 1. The van der Waals surface area contributed by atoms with Crippen LogP contribution in [0, 0.1) is 0 Å². The van der Waals surface area contributed by atoms with E-state index in [9.17, 15) is 14.7 Å². The van der Waals surface area contributed by atoms with E-state index in [1.807, 2.05) is 6.92 Å². The van der Waals surface area contributed by atoms with Gasteiger partial charge in [0, 0.05) is 26.0 Å². The summed E-state index contributed by atoms with van der Waals surface area (Å²) >= 11 is 1.55. The number of rotatable bonds is 8. The van der Waals surface area contributed by atoms with E-state index in [1.165, 1.54) is 4.90 Å². The zero-order chi connectivity index (χ0) is 15.0. The first-order valence-corrected chi connectivity index (χ1v) is 8.06. The number of unbranched alkanes of at least 4 members (excludes halogenated alkanes) is 1. The van der Waals surface area contributed by atoms with Gasteiger partial charge in [-0.25, -0.2) is 9.59 Å². The number of carbonyl (C=O) groups is 2. The molecule has 0 bridgehead atoms. The third-order valence-corrected chi connectivity index (χ3v) is 4.55. The van der Waals surface area contributed by atoms with E-state index in [0.29, 0.717) is 18.9 Å². The molecule has 1 aliphatic rings. The lowest BCUT2D eigenvalue weighted by atomic mass is 10.2. The van der Waals surface area contributed by atoms with Crippen LogP contribution >= 0.6 is 11.8 Å². The highest BCUT2D eigenvalue weighted by atomic mass is 32.2. The minimum absolute atomic E-state index is 0.0277. The van der Waals surface area contributed by atoms with Crippen molar-refractivity contribution in [3.05, 3.63) is 0 Å². The number of hydrogen-bond acceptors (Lipinski definition) is 4. The van der Waals surface area contributed by atoms with Crippen LogP contribution in [0.5, 0.6) is 0 Å². The smallest absolute Gasteiger partial charge is 0.327 e. The Kier molecular flexibility index (Phi) is 7.76. The molecule has 1 aliphatic heterocycles. The second-order valence-electron chi connectivity index (χ2n) is 4.77. The lowest BCUT2D eigenvalue weighted by Gasteiger charge is -2.27. The Labute approximate surface area is 124 Å². The van der Waals surface area contributed by atoms with Crippen LogP contribution in [0.25, 0.3) is 0 Å². The largest absolute Gasteiger partial charge is 0.480 e. The lowest BCUT2D eigenvalue weighted by molar-refractivity contribution is -0.141. The molecule has 2 N–H and O–H groups in total. The second-order valence-corrected chi connectivity index (χ2v) is 5.98. The molecule has 1 rings (SSSR count). The topological polar surface area (TPSA) is 78.9 Å². The highest BCUT2D eigenvalue weighted by Crippen LogP contribution is 2.32. The van der Waals surface area contributed by atoms with Gasteiger partial charge in [-0.3, -0.25) is 4.90 Å². The molecular formula is C13H24N2O4S. The molecule has 0 aliphatic carbocycles. The monoisotopic (exact) mass is 304 g/mol. The number of carbonyl (C=O) groups excluding carboxylic acids is 1. The molecule has 0 saturated carbocycles. The van der Waals surface area contributed by atoms with Crippen molar-refractivity contribution in [2.24, 2.45) is 0 Å². The number of amides is 2. The Balaban J connectivity index is 2.49. The van der Waals surface area contributed by atoms with Gasteiger partial charge in [-0.15, -0.1) is 11.8 Å². The molecule has 1 heterocycles. The van der Waals surface area contributed by atoms with Gasteiger partial charge < -0.3 is 15.2 Å². The second kappa shape index (κ2) is 9.07. The summed E-state index contributed by atoms with van der Waals surface area (Å²) in [5.74, 6) is -0.456.